The van der Waals surface area contributed by atoms with Gasteiger partial charge in [-0.15, -0.1) is 0 Å². The summed E-state index contributed by atoms with van der Waals surface area (Å²) in [6.45, 7) is 5.04. The normalized spacial score (nSPS) is 10.8. The molecule has 2 rings (SSSR count). The monoisotopic (exact) mass is 295 g/mol. The van der Waals surface area contributed by atoms with Crippen LogP contribution in [0.15, 0.2) is 12.4 Å². The highest BCUT2D eigenvalue weighted by Crippen LogP contribution is 2.11. The summed E-state index contributed by atoms with van der Waals surface area (Å²) in [5.41, 5.74) is 2.29. The quantitative estimate of drug-likeness (QED) is 0.854. The molecule has 0 bridgehead atoms. The molecule has 108 valence electrons. The summed E-state index contributed by atoms with van der Waals surface area (Å²) in [4.78, 5) is 12.1. The molecule has 0 aromatic carbocycles. The third-order valence-corrected chi connectivity index (χ3v) is 3.38. The Balaban J connectivity index is 1.83. The van der Waals surface area contributed by atoms with Crippen LogP contribution in [-0.4, -0.2) is 32.0 Å². The molecule has 0 aliphatic carbocycles. The van der Waals surface area contributed by atoms with Gasteiger partial charge in [0.2, 0.25) is 0 Å². The number of hydrogen-bond donors (Lipinski definition) is 1. The molecule has 0 fully saturated rings. The average molecular weight is 296 g/mol. The molecule has 1 N–H and O–H groups in total. The number of aromatic nitrogens is 4. The van der Waals surface area contributed by atoms with Crippen molar-refractivity contribution in [1.82, 2.24) is 24.9 Å². The fourth-order valence-corrected chi connectivity index (χ4v) is 2.25. The van der Waals surface area contributed by atoms with Crippen LogP contribution in [0, 0.1) is 13.8 Å². The summed E-state index contributed by atoms with van der Waals surface area (Å²) in [6, 6.07) is 0. The second kappa shape index (κ2) is 6.09. The predicted octanol–water partition coefficient (Wildman–Crippen LogP) is 1.71. The van der Waals surface area contributed by atoms with Crippen molar-refractivity contribution in [1.29, 1.82) is 0 Å². The third-order valence-electron chi connectivity index (χ3n) is 3.19. The maximum absolute atomic E-state index is 12.1. The number of aryl methyl sites for hydroxylation is 3. The standard InChI is InChI=1S/C13H18ClN5O/c1-9-12(10(2)18(3)17-9)13(20)15-5-4-6-19-8-11(14)7-16-19/h7-8H,4-6H2,1-3H3,(H,15,20). The van der Waals surface area contributed by atoms with Crippen LogP contribution in [0.4, 0.5) is 0 Å². The highest BCUT2D eigenvalue weighted by molar-refractivity contribution is 6.30. The molecule has 0 spiro atoms. The highest BCUT2D eigenvalue weighted by Gasteiger charge is 2.16. The van der Waals surface area contributed by atoms with Crippen molar-refractivity contribution in [3.8, 4) is 0 Å². The second-order valence-electron chi connectivity index (χ2n) is 4.70. The summed E-state index contributed by atoms with van der Waals surface area (Å²) in [6.07, 6.45) is 4.16. The number of rotatable bonds is 5. The van der Waals surface area contributed by atoms with Gasteiger partial charge in [-0.05, 0) is 20.3 Å². The molecule has 0 unspecified atom stereocenters. The average Bonchev–Trinajstić information content (AvgIpc) is 2.90. The minimum atomic E-state index is -0.0772. The van der Waals surface area contributed by atoms with Gasteiger partial charge >= 0.3 is 0 Å². The van der Waals surface area contributed by atoms with E-state index in [2.05, 4.69) is 15.5 Å². The van der Waals surface area contributed by atoms with E-state index in [-0.39, 0.29) is 5.91 Å². The molecule has 1 amide bonds. The summed E-state index contributed by atoms with van der Waals surface area (Å²) in [5, 5.41) is 11.8. The summed E-state index contributed by atoms with van der Waals surface area (Å²) in [5.74, 6) is -0.0772. The van der Waals surface area contributed by atoms with Crippen LogP contribution in [0.1, 0.15) is 28.2 Å². The fourth-order valence-electron chi connectivity index (χ4n) is 2.09. The van der Waals surface area contributed by atoms with E-state index in [4.69, 9.17) is 11.6 Å². The van der Waals surface area contributed by atoms with E-state index >= 15 is 0 Å². The number of carbonyl (C=O) groups is 1. The van der Waals surface area contributed by atoms with Gasteiger partial charge in [-0.1, -0.05) is 11.6 Å². The minimum absolute atomic E-state index is 0.0772. The second-order valence-corrected chi connectivity index (χ2v) is 5.14. The minimum Gasteiger partial charge on any atom is -0.352 e. The zero-order chi connectivity index (χ0) is 14.7. The van der Waals surface area contributed by atoms with E-state index < -0.39 is 0 Å². The largest absolute Gasteiger partial charge is 0.352 e. The molecular formula is C13H18ClN5O. The molecule has 2 heterocycles. The van der Waals surface area contributed by atoms with Gasteiger partial charge in [0, 0.05) is 32.0 Å². The van der Waals surface area contributed by atoms with E-state index in [9.17, 15) is 4.79 Å². The van der Waals surface area contributed by atoms with Gasteiger partial charge in [-0.2, -0.15) is 10.2 Å². The number of amides is 1. The van der Waals surface area contributed by atoms with Crippen LogP contribution in [0.5, 0.6) is 0 Å². The number of nitrogens with one attached hydrogen (secondary N) is 1. The van der Waals surface area contributed by atoms with Crippen molar-refractivity contribution in [3.63, 3.8) is 0 Å². The number of carbonyl (C=O) groups excluding carboxylic acids is 1. The molecule has 20 heavy (non-hydrogen) atoms. The summed E-state index contributed by atoms with van der Waals surface area (Å²) < 4.78 is 3.48. The highest BCUT2D eigenvalue weighted by atomic mass is 35.5. The Kier molecular flexibility index (Phi) is 4.44. The molecule has 0 saturated heterocycles. The van der Waals surface area contributed by atoms with E-state index in [0.29, 0.717) is 17.1 Å². The maximum atomic E-state index is 12.1. The van der Waals surface area contributed by atoms with Gasteiger partial charge in [-0.25, -0.2) is 0 Å². The number of halogens is 1. The van der Waals surface area contributed by atoms with E-state index in [1.165, 1.54) is 0 Å². The Bertz CT molecular complexity index is 616. The van der Waals surface area contributed by atoms with Crippen molar-refractivity contribution in [3.05, 3.63) is 34.4 Å². The van der Waals surface area contributed by atoms with Crippen LogP contribution in [0.25, 0.3) is 0 Å². The first-order valence-electron chi connectivity index (χ1n) is 6.45. The van der Waals surface area contributed by atoms with Gasteiger partial charge in [0.15, 0.2) is 0 Å². The van der Waals surface area contributed by atoms with Crippen LogP contribution >= 0.6 is 11.6 Å². The van der Waals surface area contributed by atoms with Gasteiger partial charge < -0.3 is 5.32 Å². The van der Waals surface area contributed by atoms with E-state index in [0.717, 1.165) is 24.4 Å². The summed E-state index contributed by atoms with van der Waals surface area (Å²) in [7, 11) is 1.83. The van der Waals surface area contributed by atoms with Crippen molar-refractivity contribution < 1.29 is 4.79 Å². The first-order chi connectivity index (χ1) is 9.49. The molecule has 0 aliphatic rings. The number of nitrogens with zero attached hydrogens (tertiary/aromatic N) is 4. The molecule has 0 aliphatic heterocycles. The molecule has 2 aromatic rings. The van der Waals surface area contributed by atoms with Crippen molar-refractivity contribution in [2.75, 3.05) is 6.54 Å². The van der Waals surface area contributed by atoms with Crippen LogP contribution in [0.2, 0.25) is 5.02 Å². The predicted molar refractivity (Wildman–Crippen MR) is 76.9 cm³/mol. The first-order valence-corrected chi connectivity index (χ1v) is 6.83. The van der Waals surface area contributed by atoms with Crippen LogP contribution < -0.4 is 5.32 Å². The summed E-state index contributed by atoms with van der Waals surface area (Å²) >= 11 is 5.78. The third kappa shape index (κ3) is 3.19. The lowest BCUT2D eigenvalue weighted by Gasteiger charge is -2.06. The lowest BCUT2D eigenvalue weighted by atomic mass is 10.2. The van der Waals surface area contributed by atoms with Gasteiger partial charge in [0.05, 0.1) is 22.5 Å². The lowest BCUT2D eigenvalue weighted by Crippen LogP contribution is -2.26. The Morgan fingerprint density at radius 1 is 1.45 bits per heavy atom. The van der Waals surface area contributed by atoms with E-state index in [1.807, 2.05) is 20.9 Å². The van der Waals surface area contributed by atoms with Gasteiger partial charge in [-0.3, -0.25) is 14.2 Å². The van der Waals surface area contributed by atoms with Crippen LogP contribution in [-0.2, 0) is 13.6 Å². The topological polar surface area (TPSA) is 64.7 Å². The molecule has 0 radical (unpaired) electrons. The fraction of sp³-hybridized carbons (Fsp3) is 0.462. The van der Waals surface area contributed by atoms with Crippen molar-refractivity contribution >= 4 is 17.5 Å². The SMILES string of the molecule is Cc1nn(C)c(C)c1C(=O)NCCCn1cc(Cl)cn1. The smallest absolute Gasteiger partial charge is 0.255 e. The molecular weight excluding hydrogens is 278 g/mol. The van der Waals surface area contributed by atoms with Gasteiger partial charge in [0.25, 0.3) is 5.91 Å². The molecule has 0 saturated carbocycles. The zero-order valence-corrected chi connectivity index (χ0v) is 12.6. The Labute approximate surface area is 122 Å². The first kappa shape index (κ1) is 14.6. The Hall–Kier alpha value is -1.82. The molecule has 6 nitrogen and oxygen atoms in total. The Morgan fingerprint density at radius 2 is 2.20 bits per heavy atom. The lowest BCUT2D eigenvalue weighted by molar-refractivity contribution is 0.0951. The van der Waals surface area contributed by atoms with Crippen LogP contribution in [0.3, 0.4) is 0 Å². The Morgan fingerprint density at radius 3 is 2.75 bits per heavy atom. The molecule has 2 aromatic heterocycles. The van der Waals surface area contributed by atoms with Gasteiger partial charge in [0.1, 0.15) is 0 Å². The number of hydrogen-bond acceptors (Lipinski definition) is 3. The van der Waals surface area contributed by atoms with Crippen molar-refractivity contribution in [2.24, 2.45) is 7.05 Å². The molecule has 0 atom stereocenters. The van der Waals surface area contributed by atoms with E-state index in [1.54, 1.807) is 21.8 Å². The zero-order valence-electron chi connectivity index (χ0n) is 11.9. The molecule has 7 heteroatoms. The van der Waals surface area contributed by atoms with Crippen molar-refractivity contribution in [2.45, 2.75) is 26.8 Å². The maximum Gasteiger partial charge on any atom is 0.255 e.